The Labute approximate surface area is 320 Å². The normalized spacial score (nSPS) is 11.4. The van der Waals surface area contributed by atoms with Crippen molar-refractivity contribution in [3.8, 4) is 67.4 Å². The first-order chi connectivity index (χ1) is 27.1. The van der Waals surface area contributed by atoms with Crippen molar-refractivity contribution in [2.24, 2.45) is 0 Å². The largest absolute Gasteiger partial charge is 0.253 e. The maximum atomic E-state index is 5.25. The van der Waals surface area contributed by atoms with Crippen LogP contribution in [0.3, 0.4) is 0 Å². The number of pyridine rings is 1. The molecule has 8 aromatic carbocycles. The van der Waals surface area contributed by atoms with E-state index in [9.17, 15) is 0 Å². The molecule has 0 fully saturated rings. The zero-order valence-corrected chi connectivity index (χ0v) is 30.3. The summed E-state index contributed by atoms with van der Waals surface area (Å²) in [6.07, 6.45) is 0. The lowest BCUT2D eigenvalue weighted by Gasteiger charge is -2.15. The first kappa shape index (κ1) is 32.4. The molecule has 0 spiro atoms. The standard InChI is InChI=1S/C52H35N3/c1-34-14-12-25-49(53-34)39-20-13-19-37(28-39)40-29-41(38-26-27-47-45-23-9-8-21-43(45)44-22-10-11-24-46(44)48(47)32-38)31-42(30-40)52-54-50(35-15-4-2-5-16-35)33-51(55-52)36-17-6-3-7-18-36/h2-33H,1H3. The van der Waals surface area contributed by atoms with Crippen LogP contribution in [-0.2, 0) is 0 Å². The van der Waals surface area contributed by atoms with Crippen molar-refractivity contribution in [1.29, 1.82) is 0 Å². The van der Waals surface area contributed by atoms with Gasteiger partial charge in [0.1, 0.15) is 0 Å². The van der Waals surface area contributed by atoms with Gasteiger partial charge in [0, 0.05) is 27.9 Å². The molecule has 0 aliphatic carbocycles. The van der Waals surface area contributed by atoms with Gasteiger partial charge in [-0.15, -0.1) is 0 Å². The average molecular weight is 702 g/mol. The Morgan fingerprint density at radius 2 is 0.709 bits per heavy atom. The molecule has 3 nitrogen and oxygen atoms in total. The predicted octanol–water partition coefficient (Wildman–Crippen LogP) is 13.6. The maximum Gasteiger partial charge on any atom is 0.160 e. The molecule has 0 unspecified atom stereocenters. The van der Waals surface area contributed by atoms with Crippen LogP contribution in [0.5, 0.6) is 0 Å². The molecule has 0 amide bonds. The Morgan fingerprint density at radius 1 is 0.255 bits per heavy atom. The summed E-state index contributed by atoms with van der Waals surface area (Å²) >= 11 is 0. The van der Waals surface area contributed by atoms with Crippen molar-refractivity contribution in [2.75, 3.05) is 0 Å². The molecule has 258 valence electrons. The highest BCUT2D eigenvalue weighted by Gasteiger charge is 2.16. The summed E-state index contributed by atoms with van der Waals surface area (Å²) in [5, 5.41) is 7.53. The Bertz CT molecular complexity index is 2950. The first-order valence-corrected chi connectivity index (χ1v) is 18.7. The molecule has 0 saturated carbocycles. The van der Waals surface area contributed by atoms with Crippen LogP contribution in [-0.4, -0.2) is 15.0 Å². The highest BCUT2D eigenvalue weighted by Crippen LogP contribution is 2.39. The van der Waals surface area contributed by atoms with Crippen molar-refractivity contribution in [1.82, 2.24) is 15.0 Å². The Morgan fingerprint density at radius 3 is 1.31 bits per heavy atom. The van der Waals surface area contributed by atoms with E-state index in [1.54, 1.807) is 0 Å². The number of hydrogen-bond donors (Lipinski definition) is 0. The summed E-state index contributed by atoms with van der Waals surface area (Å²) in [6.45, 7) is 2.03. The smallest absolute Gasteiger partial charge is 0.160 e. The van der Waals surface area contributed by atoms with E-state index in [4.69, 9.17) is 15.0 Å². The van der Waals surface area contributed by atoms with E-state index in [1.807, 2.05) is 25.1 Å². The molecule has 55 heavy (non-hydrogen) atoms. The second kappa shape index (κ2) is 13.6. The molecule has 3 heteroatoms. The van der Waals surface area contributed by atoms with E-state index in [0.717, 1.165) is 67.3 Å². The zero-order valence-electron chi connectivity index (χ0n) is 30.3. The highest BCUT2D eigenvalue weighted by molar-refractivity contribution is 6.25. The van der Waals surface area contributed by atoms with Gasteiger partial charge in [0.05, 0.1) is 17.1 Å². The molecule has 2 aromatic heterocycles. The molecule has 2 heterocycles. The molecule has 0 atom stereocenters. The number of fused-ring (bicyclic) bond motifs is 6. The fraction of sp³-hybridized carbons (Fsp3) is 0.0192. The molecular formula is C52H35N3. The van der Waals surface area contributed by atoms with Crippen LogP contribution >= 0.6 is 0 Å². The fourth-order valence-electron chi connectivity index (χ4n) is 7.83. The zero-order chi connectivity index (χ0) is 36.7. The highest BCUT2D eigenvalue weighted by atomic mass is 14.9. The van der Waals surface area contributed by atoms with Crippen LogP contribution < -0.4 is 0 Å². The third-order valence-corrected chi connectivity index (χ3v) is 10.5. The summed E-state index contributed by atoms with van der Waals surface area (Å²) in [5.41, 5.74) is 12.3. The molecule has 0 aliphatic heterocycles. The van der Waals surface area contributed by atoms with Gasteiger partial charge in [-0.25, -0.2) is 9.97 Å². The maximum absolute atomic E-state index is 5.25. The topological polar surface area (TPSA) is 38.7 Å². The number of aryl methyl sites for hydroxylation is 1. The van der Waals surface area contributed by atoms with Crippen LogP contribution in [0.25, 0.3) is 99.7 Å². The lowest BCUT2D eigenvalue weighted by Crippen LogP contribution is -1.97. The van der Waals surface area contributed by atoms with Crippen LogP contribution in [0, 0.1) is 6.92 Å². The molecule has 0 aliphatic rings. The van der Waals surface area contributed by atoms with Crippen molar-refractivity contribution in [3.05, 3.63) is 200 Å². The van der Waals surface area contributed by atoms with Crippen molar-refractivity contribution < 1.29 is 0 Å². The SMILES string of the molecule is Cc1cccc(-c2cccc(-c3cc(-c4ccc5c6ccccc6c6ccccc6c5c4)cc(-c4nc(-c5ccccc5)cc(-c5ccccc5)n4)c3)c2)n1. The molecule has 10 rings (SSSR count). The van der Waals surface area contributed by atoms with Gasteiger partial charge in [-0.2, -0.15) is 0 Å². The lowest BCUT2D eigenvalue weighted by molar-refractivity contribution is 1.18. The average Bonchev–Trinajstić information content (AvgIpc) is 3.26. The lowest BCUT2D eigenvalue weighted by atomic mass is 9.90. The summed E-state index contributed by atoms with van der Waals surface area (Å²) in [7, 11) is 0. The van der Waals surface area contributed by atoms with Crippen LogP contribution in [0.15, 0.2) is 194 Å². The second-order valence-electron chi connectivity index (χ2n) is 14.1. The summed E-state index contributed by atoms with van der Waals surface area (Å²) in [6, 6.07) is 68.8. The van der Waals surface area contributed by atoms with Crippen molar-refractivity contribution in [2.45, 2.75) is 6.92 Å². The van der Waals surface area contributed by atoms with Gasteiger partial charge in [-0.3, -0.25) is 4.98 Å². The summed E-state index contributed by atoms with van der Waals surface area (Å²) < 4.78 is 0. The Balaban J connectivity index is 1.21. The third-order valence-electron chi connectivity index (χ3n) is 10.5. The van der Waals surface area contributed by atoms with Crippen LogP contribution in [0.4, 0.5) is 0 Å². The molecular weight excluding hydrogens is 667 g/mol. The summed E-state index contributed by atoms with van der Waals surface area (Å²) in [5.74, 6) is 0.678. The van der Waals surface area contributed by atoms with Gasteiger partial charge >= 0.3 is 0 Å². The minimum absolute atomic E-state index is 0.678. The van der Waals surface area contributed by atoms with E-state index < -0.39 is 0 Å². The third kappa shape index (κ3) is 6.12. The quantitative estimate of drug-likeness (QED) is 0.162. The number of hydrogen-bond acceptors (Lipinski definition) is 3. The van der Waals surface area contributed by atoms with E-state index in [-0.39, 0.29) is 0 Å². The Kier molecular flexibility index (Phi) is 8.04. The van der Waals surface area contributed by atoms with E-state index >= 15 is 0 Å². The number of benzene rings is 8. The van der Waals surface area contributed by atoms with Gasteiger partial charge in [0.2, 0.25) is 0 Å². The molecule has 0 N–H and O–H groups in total. The number of nitrogens with zero attached hydrogens (tertiary/aromatic N) is 3. The van der Waals surface area contributed by atoms with Crippen LogP contribution in [0.2, 0.25) is 0 Å². The Hall–Kier alpha value is -7.23. The van der Waals surface area contributed by atoms with E-state index in [0.29, 0.717) is 5.82 Å². The molecule has 0 saturated heterocycles. The van der Waals surface area contributed by atoms with E-state index in [2.05, 4.69) is 176 Å². The second-order valence-corrected chi connectivity index (χ2v) is 14.1. The van der Waals surface area contributed by atoms with Crippen LogP contribution in [0.1, 0.15) is 5.69 Å². The predicted molar refractivity (Wildman–Crippen MR) is 230 cm³/mol. The minimum atomic E-state index is 0.678. The van der Waals surface area contributed by atoms with Crippen molar-refractivity contribution in [3.63, 3.8) is 0 Å². The number of rotatable bonds is 6. The first-order valence-electron chi connectivity index (χ1n) is 18.7. The van der Waals surface area contributed by atoms with E-state index in [1.165, 1.54) is 32.3 Å². The van der Waals surface area contributed by atoms with Gasteiger partial charge in [0.25, 0.3) is 0 Å². The minimum Gasteiger partial charge on any atom is -0.253 e. The van der Waals surface area contributed by atoms with Gasteiger partial charge in [0.15, 0.2) is 5.82 Å². The van der Waals surface area contributed by atoms with Gasteiger partial charge in [-0.05, 0) is 110 Å². The fourth-order valence-corrected chi connectivity index (χ4v) is 7.83. The monoisotopic (exact) mass is 701 g/mol. The number of aromatic nitrogens is 3. The molecule has 0 radical (unpaired) electrons. The molecule has 0 bridgehead atoms. The van der Waals surface area contributed by atoms with Gasteiger partial charge < -0.3 is 0 Å². The van der Waals surface area contributed by atoms with Crippen molar-refractivity contribution >= 4 is 32.3 Å². The summed E-state index contributed by atoms with van der Waals surface area (Å²) in [4.78, 5) is 15.3. The molecule has 10 aromatic rings. The van der Waals surface area contributed by atoms with Gasteiger partial charge in [-0.1, -0.05) is 146 Å².